The quantitative estimate of drug-likeness (QED) is 0.624. The smallest absolute Gasteiger partial charge is 0.545 e. The van der Waals surface area contributed by atoms with Gasteiger partial charge in [0.2, 0.25) is 0 Å². The molecule has 0 heterocycles. The van der Waals surface area contributed by atoms with Crippen molar-refractivity contribution in [2.24, 2.45) is 0 Å². The molecule has 0 aromatic heterocycles. The first kappa shape index (κ1) is 26.4. The van der Waals surface area contributed by atoms with Gasteiger partial charge in [-0.15, -0.1) is 0 Å². The first-order valence-electron chi connectivity index (χ1n) is 7.37. The Balaban J connectivity index is 0. The number of carbonyl (C=O) groups excluding carboxylic acids is 2. The van der Waals surface area contributed by atoms with E-state index in [9.17, 15) is 19.8 Å². The standard InChI is InChI=1S/2C9H10O3.Ca.H2O/c2*1-2-12-8-6-4-3-5-7(8)9(10)11;;/h2*3-6H,2H2,1H3,(H,10,11);;1H2/q;;+2;/p-2. The summed E-state index contributed by atoms with van der Waals surface area (Å²) < 4.78 is 10.2. The molecule has 136 valence electrons. The maximum Gasteiger partial charge on any atom is 2.00 e. The molecule has 0 amide bonds. The average Bonchev–Trinajstić information content (AvgIpc) is 2.57. The van der Waals surface area contributed by atoms with Crippen molar-refractivity contribution in [3.63, 3.8) is 0 Å². The van der Waals surface area contributed by atoms with E-state index in [0.29, 0.717) is 24.7 Å². The molecule has 0 saturated heterocycles. The van der Waals surface area contributed by atoms with Gasteiger partial charge in [0.25, 0.3) is 0 Å². The van der Waals surface area contributed by atoms with Crippen LogP contribution in [0, 0.1) is 0 Å². The minimum Gasteiger partial charge on any atom is -0.545 e. The summed E-state index contributed by atoms with van der Waals surface area (Å²) in [5.41, 5.74) is 0.193. The van der Waals surface area contributed by atoms with Gasteiger partial charge in [0, 0.05) is 11.1 Å². The van der Waals surface area contributed by atoms with E-state index in [1.807, 2.05) is 0 Å². The van der Waals surface area contributed by atoms with E-state index < -0.39 is 11.9 Å². The van der Waals surface area contributed by atoms with Gasteiger partial charge in [-0.1, -0.05) is 24.3 Å². The van der Waals surface area contributed by atoms with Crippen molar-refractivity contribution in [2.75, 3.05) is 13.2 Å². The molecule has 0 aliphatic rings. The van der Waals surface area contributed by atoms with Crippen LogP contribution < -0.4 is 19.7 Å². The van der Waals surface area contributed by atoms with Crippen LogP contribution in [0.2, 0.25) is 0 Å². The fourth-order valence-electron chi connectivity index (χ4n) is 1.83. The van der Waals surface area contributed by atoms with Crippen molar-refractivity contribution in [1.29, 1.82) is 0 Å². The summed E-state index contributed by atoms with van der Waals surface area (Å²) in [6, 6.07) is 12.8. The van der Waals surface area contributed by atoms with Crippen LogP contribution in [0.15, 0.2) is 48.5 Å². The number of carboxylic acids is 2. The van der Waals surface area contributed by atoms with Crippen molar-refractivity contribution < 1.29 is 34.8 Å². The average molecular weight is 388 g/mol. The Hall–Kier alpha value is -1.80. The Morgan fingerprint density at radius 3 is 1.35 bits per heavy atom. The molecule has 2 rings (SSSR count). The van der Waals surface area contributed by atoms with Crippen molar-refractivity contribution >= 4 is 49.7 Å². The van der Waals surface area contributed by atoms with Crippen LogP contribution in [-0.4, -0.2) is 68.4 Å². The molecule has 0 saturated carbocycles. The van der Waals surface area contributed by atoms with Crippen molar-refractivity contribution in [3.8, 4) is 11.5 Å². The van der Waals surface area contributed by atoms with E-state index in [0.717, 1.165) is 0 Å². The summed E-state index contributed by atoms with van der Waals surface area (Å²) in [5.74, 6) is -1.70. The number of rotatable bonds is 6. The Morgan fingerprint density at radius 2 is 1.08 bits per heavy atom. The molecule has 0 spiro atoms. The summed E-state index contributed by atoms with van der Waals surface area (Å²) in [6.45, 7) is 4.49. The SMILES string of the molecule is CCOc1ccccc1C(=O)[O-].CCOc1ccccc1C(=O)[O-].O.[Ca+2]. The zero-order chi connectivity index (χ0) is 17.9. The number of para-hydroxylation sites is 2. The number of aromatic carboxylic acids is 2. The van der Waals surface area contributed by atoms with E-state index in [2.05, 4.69) is 0 Å². The topological polar surface area (TPSA) is 130 Å². The van der Waals surface area contributed by atoms with Gasteiger partial charge in [-0.2, -0.15) is 0 Å². The monoisotopic (exact) mass is 388 g/mol. The van der Waals surface area contributed by atoms with Gasteiger partial charge >= 0.3 is 37.7 Å². The van der Waals surface area contributed by atoms with Crippen LogP contribution >= 0.6 is 0 Å². The minimum absolute atomic E-state index is 0. The predicted octanol–water partition coefficient (Wildman–Crippen LogP) is -0.308. The molecule has 7 nitrogen and oxygen atoms in total. The molecule has 8 heteroatoms. The number of hydrogen-bond acceptors (Lipinski definition) is 6. The molecule has 0 radical (unpaired) electrons. The van der Waals surface area contributed by atoms with E-state index >= 15 is 0 Å². The Bertz CT molecular complexity index is 629. The van der Waals surface area contributed by atoms with E-state index in [4.69, 9.17) is 9.47 Å². The molecule has 0 aliphatic heterocycles. The molecule has 0 bridgehead atoms. The molecule has 2 aromatic carbocycles. The largest absolute Gasteiger partial charge is 2.00 e. The Kier molecular flexibility index (Phi) is 14.6. The van der Waals surface area contributed by atoms with E-state index in [-0.39, 0.29) is 54.3 Å². The summed E-state index contributed by atoms with van der Waals surface area (Å²) in [5, 5.41) is 21.0. The number of carboxylic acid groups (broad SMARTS) is 2. The van der Waals surface area contributed by atoms with Crippen molar-refractivity contribution in [1.82, 2.24) is 0 Å². The Morgan fingerprint density at radius 1 is 0.769 bits per heavy atom. The van der Waals surface area contributed by atoms with Crippen LogP contribution in [-0.2, 0) is 0 Å². The molecule has 2 aromatic rings. The second-order valence-electron chi connectivity index (χ2n) is 4.43. The van der Waals surface area contributed by atoms with Gasteiger partial charge in [0.1, 0.15) is 11.5 Å². The summed E-state index contributed by atoms with van der Waals surface area (Å²) in [6.07, 6.45) is 0. The normalized spacial score (nSPS) is 8.69. The molecule has 2 N–H and O–H groups in total. The van der Waals surface area contributed by atoms with Gasteiger partial charge in [0.15, 0.2) is 0 Å². The molecular weight excluding hydrogens is 368 g/mol. The molecule has 0 unspecified atom stereocenters. The fraction of sp³-hybridized carbons (Fsp3) is 0.222. The Labute approximate surface area is 181 Å². The third-order valence-electron chi connectivity index (χ3n) is 2.81. The summed E-state index contributed by atoms with van der Waals surface area (Å²) in [7, 11) is 0. The molecular formula is C18H20CaO7. The second-order valence-corrected chi connectivity index (χ2v) is 4.43. The summed E-state index contributed by atoms with van der Waals surface area (Å²) >= 11 is 0. The summed E-state index contributed by atoms with van der Waals surface area (Å²) in [4.78, 5) is 21.0. The first-order valence-corrected chi connectivity index (χ1v) is 7.37. The predicted molar refractivity (Wildman–Crippen MR) is 93.3 cm³/mol. The number of benzene rings is 2. The van der Waals surface area contributed by atoms with Gasteiger partial charge < -0.3 is 34.8 Å². The van der Waals surface area contributed by atoms with Crippen molar-refractivity contribution in [2.45, 2.75) is 13.8 Å². The fourth-order valence-corrected chi connectivity index (χ4v) is 1.83. The molecule has 0 atom stereocenters. The number of carbonyl (C=O) groups is 2. The maximum absolute atomic E-state index is 10.5. The number of ether oxygens (including phenoxy) is 2. The zero-order valence-corrected chi connectivity index (χ0v) is 16.9. The minimum atomic E-state index is -1.21. The molecule has 26 heavy (non-hydrogen) atoms. The maximum atomic E-state index is 10.5. The van der Waals surface area contributed by atoms with Crippen LogP contribution in [0.4, 0.5) is 0 Å². The zero-order valence-electron chi connectivity index (χ0n) is 14.7. The van der Waals surface area contributed by atoms with Crippen LogP contribution in [0.1, 0.15) is 34.6 Å². The van der Waals surface area contributed by atoms with Crippen LogP contribution in [0.3, 0.4) is 0 Å². The first-order chi connectivity index (χ1) is 11.5. The van der Waals surface area contributed by atoms with Gasteiger partial charge in [-0.25, -0.2) is 0 Å². The van der Waals surface area contributed by atoms with Gasteiger partial charge in [-0.05, 0) is 38.1 Å². The van der Waals surface area contributed by atoms with E-state index in [1.54, 1.807) is 50.2 Å². The number of hydrogen-bond donors (Lipinski definition) is 0. The second kappa shape index (κ2) is 14.4. The third-order valence-corrected chi connectivity index (χ3v) is 2.81. The molecule has 0 aliphatic carbocycles. The van der Waals surface area contributed by atoms with Crippen LogP contribution in [0.5, 0.6) is 11.5 Å². The van der Waals surface area contributed by atoms with Crippen molar-refractivity contribution in [3.05, 3.63) is 59.7 Å². The van der Waals surface area contributed by atoms with E-state index in [1.165, 1.54) is 12.1 Å². The third kappa shape index (κ3) is 8.53. The van der Waals surface area contributed by atoms with Crippen LogP contribution in [0.25, 0.3) is 0 Å². The van der Waals surface area contributed by atoms with Gasteiger partial charge in [-0.3, -0.25) is 0 Å². The molecule has 0 fully saturated rings. The van der Waals surface area contributed by atoms with Gasteiger partial charge in [0.05, 0.1) is 25.2 Å².